The smallest absolute Gasteiger partial charge is 0.201 e. The molecule has 13 nitrogen and oxygen atoms in total. The van der Waals surface area contributed by atoms with Crippen LogP contribution < -0.4 is 4.74 Å². The van der Waals surface area contributed by atoms with E-state index in [0.717, 1.165) is 62.1 Å². The first-order valence-corrected chi connectivity index (χ1v) is 17.4. The van der Waals surface area contributed by atoms with Gasteiger partial charge in [0.15, 0.2) is 11.6 Å². The first-order valence-electron chi connectivity index (χ1n) is 17.4. The number of aromatic hydroxyl groups is 6. The van der Waals surface area contributed by atoms with Gasteiger partial charge in [-0.3, -0.25) is 19.2 Å². The van der Waals surface area contributed by atoms with E-state index in [1.54, 1.807) is 0 Å². The van der Waals surface area contributed by atoms with Gasteiger partial charge in [0.05, 0.1) is 45.6 Å². The molecule has 0 aromatic heterocycles. The molecule has 0 amide bonds. The Morgan fingerprint density at radius 2 is 0.830 bits per heavy atom. The van der Waals surface area contributed by atoms with Gasteiger partial charge < -0.3 is 45.6 Å². The fourth-order valence-electron chi connectivity index (χ4n) is 7.11. The molecule has 2 aliphatic rings. The molecule has 0 saturated heterocycles. The second-order valence-corrected chi connectivity index (χ2v) is 13.3. The first-order chi connectivity index (χ1) is 25.2. The molecule has 276 valence electrons. The number of phenols is 6. The molecule has 13 heteroatoms. The maximum absolute atomic E-state index is 13.7. The Morgan fingerprint density at radius 1 is 0.472 bits per heavy atom. The van der Waals surface area contributed by atoms with Crippen LogP contribution in [0.3, 0.4) is 0 Å². The van der Waals surface area contributed by atoms with Crippen molar-refractivity contribution in [3.63, 3.8) is 0 Å². The van der Waals surface area contributed by atoms with Gasteiger partial charge in [-0.05, 0) is 37.1 Å². The third kappa shape index (κ3) is 6.21. The van der Waals surface area contributed by atoms with Gasteiger partial charge in [0, 0.05) is 34.4 Å². The van der Waals surface area contributed by atoms with Crippen LogP contribution in [0.25, 0.3) is 0 Å². The summed E-state index contributed by atoms with van der Waals surface area (Å²) in [5.74, 6) is -8.32. The van der Waals surface area contributed by atoms with Crippen LogP contribution in [0.2, 0.25) is 0 Å². The number of aliphatic hydroxyl groups is 2. The van der Waals surface area contributed by atoms with Gasteiger partial charge in [0.2, 0.25) is 11.6 Å². The molecule has 2 aliphatic carbocycles. The lowest BCUT2D eigenvalue weighted by Gasteiger charge is -2.24. The van der Waals surface area contributed by atoms with Crippen LogP contribution in [-0.2, 0) is 0 Å². The van der Waals surface area contributed by atoms with Gasteiger partial charge in [0.25, 0.3) is 0 Å². The molecule has 0 unspecified atom stereocenters. The van der Waals surface area contributed by atoms with Crippen LogP contribution in [0, 0.1) is 0 Å². The first kappa shape index (κ1) is 36.9. The molecule has 6 rings (SSSR count). The Hall–Kier alpha value is -5.92. The van der Waals surface area contributed by atoms with E-state index in [9.17, 15) is 60.0 Å². The van der Waals surface area contributed by atoms with Crippen molar-refractivity contribution in [2.75, 3.05) is 0 Å². The Morgan fingerprint density at radius 3 is 1.19 bits per heavy atom. The van der Waals surface area contributed by atoms with E-state index in [4.69, 9.17) is 4.74 Å². The second kappa shape index (κ2) is 14.2. The summed E-state index contributed by atoms with van der Waals surface area (Å²) in [7, 11) is 0. The Labute approximate surface area is 303 Å². The third-order valence-electron chi connectivity index (χ3n) is 9.77. The minimum Gasteiger partial charge on any atom is -0.507 e. The van der Waals surface area contributed by atoms with Crippen LogP contribution in [0.4, 0.5) is 0 Å². The molecule has 0 saturated carbocycles. The predicted molar refractivity (Wildman–Crippen MR) is 188 cm³/mol. The number of hydrogen-bond donors (Lipinski definition) is 8. The van der Waals surface area contributed by atoms with E-state index in [1.807, 2.05) is 13.8 Å². The molecule has 2 atom stereocenters. The summed E-state index contributed by atoms with van der Waals surface area (Å²) < 4.78 is 5.79. The van der Waals surface area contributed by atoms with Crippen molar-refractivity contribution in [3.05, 3.63) is 92.0 Å². The standard InChI is InChI=1S/C40H38O13/c1-3-5-7-9-23(41)33-27(45)15-21-31(39(33)51)37(49)29-19(35(21)47)11-17(13-25(29)43)53-18-12-20-30(26(44)14-18)38(50)32-22(36(20)48)16-28(46)34(40(32)52)24(42)10-8-6-4-2/h11-16,23-24,41-46,51-52H,3-10H2,1-2H3/t23-,24-/m0/s1. The maximum Gasteiger partial charge on any atom is 0.201 e. The van der Waals surface area contributed by atoms with E-state index in [0.29, 0.717) is 12.8 Å². The quantitative estimate of drug-likeness (QED) is 0.0630. The SMILES string of the molecule is CCCCC[C@H](O)c1c(O)cc2c(c1O)C(=O)c1c(O)cc(Oc3cc(O)c4c(c3)C(=O)c3cc(O)c([C@@H](O)CCCCC)c(O)c3C4=O)cc1C2=O. The fourth-order valence-corrected chi connectivity index (χ4v) is 7.11. The van der Waals surface area contributed by atoms with E-state index in [-0.39, 0.29) is 57.7 Å². The van der Waals surface area contributed by atoms with Gasteiger partial charge in [-0.15, -0.1) is 0 Å². The Balaban J connectivity index is 1.33. The molecular formula is C40H38O13. The van der Waals surface area contributed by atoms with Crippen molar-refractivity contribution < 1.29 is 64.8 Å². The molecule has 8 N–H and O–H groups in total. The van der Waals surface area contributed by atoms with Gasteiger partial charge in [-0.25, -0.2) is 0 Å². The summed E-state index contributed by atoms with van der Waals surface area (Å²) in [5, 5.41) is 86.7. The summed E-state index contributed by atoms with van der Waals surface area (Å²) in [6.45, 7) is 3.92. The number of aliphatic hydroxyl groups excluding tert-OH is 2. The van der Waals surface area contributed by atoms with E-state index in [2.05, 4.69) is 0 Å². The maximum atomic E-state index is 13.7. The Bertz CT molecular complexity index is 2060. The number of phenolic OH excluding ortho intramolecular Hbond substituents is 6. The number of carbonyl (C=O) groups excluding carboxylic acids is 4. The Kier molecular flexibility index (Phi) is 9.91. The minimum absolute atomic E-state index is 0.179. The summed E-state index contributed by atoms with van der Waals surface area (Å²) in [6, 6.07) is 6.10. The highest BCUT2D eigenvalue weighted by molar-refractivity contribution is 6.31. The van der Waals surface area contributed by atoms with Crippen LogP contribution in [-0.4, -0.2) is 64.0 Å². The molecule has 4 aromatic rings. The summed E-state index contributed by atoms with van der Waals surface area (Å²) >= 11 is 0. The van der Waals surface area contributed by atoms with Gasteiger partial charge in [0.1, 0.15) is 46.0 Å². The van der Waals surface area contributed by atoms with Crippen LogP contribution in [0.5, 0.6) is 46.0 Å². The van der Waals surface area contributed by atoms with Crippen molar-refractivity contribution in [2.45, 2.75) is 77.4 Å². The van der Waals surface area contributed by atoms with E-state index >= 15 is 0 Å². The molecule has 0 aliphatic heterocycles. The van der Waals surface area contributed by atoms with Crippen molar-refractivity contribution in [1.82, 2.24) is 0 Å². The van der Waals surface area contributed by atoms with Crippen molar-refractivity contribution in [1.29, 1.82) is 0 Å². The average Bonchev–Trinajstić information content (AvgIpc) is 3.08. The number of ketones is 4. The number of hydrogen-bond acceptors (Lipinski definition) is 13. The topological polar surface area (TPSA) is 239 Å². The van der Waals surface area contributed by atoms with Crippen LogP contribution in [0.15, 0.2) is 36.4 Å². The highest BCUT2D eigenvalue weighted by Crippen LogP contribution is 2.48. The van der Waals surface area contributed by atoms with Crippen LogP contribution in [0.1, 0.15) is 152 Å². The van der Waals surface area contributed by atoms with Gasteiger partial charge in [-0.2, -0.15) is 0 Å². The number of benzene rings is 4. The molecule has 0 spiro atoms. The number of carbonyl (C=O) groups is 4. The van der Waals surface area contributed by atoms with E-state index < -0.39 is 92.1 Å². The monoisotopic (exact) mass is 726 g/mol. The van der Waals surface area contributed by atoms with Crippen molar-refractivity contribution >= 4 is 23.1 Å². The average molecular weight is 727 g/mol. The van der Waals surface area contributed by atoms with Crippen LogP contribution >= 0.6 is 0 Å². The lowest BCUT2D eigenvalue weighted by atomic mass is 9.80. The summed E-state index contributed by atoms with van der Waals surface area (Å²) in [5.41, 5.74) is -4.01. The zero-order valence-corrected chi connectivity index (χ0v) is 28.9. The molecule has 0 bridgehead atoms. The van der Waals surface area contributed by atoms with Crippen molar-refractivity contribution in [2.24, 2.45) is 0 Å². The molecule has 0 radical (unpaired) electrons. The number of fused-ring (bicyclic) bond motifs is 4. The summed E-state index contributed by atoms with van der Waals surface area (Å²) in [6.07, 6.45) is 2.12. The number of ether oxygens (including phenoxy) is 1. The minimum atomic E-state index is -1.33. The summed E-state index contributed by atoms with van der Waals surface area (Å²) in [4.78, 5) is 54.5. The zero-order valence-electron chi connectivity index (χ0n) is 28.9. The van der Waals surface area contributed by atoms with Crippen molar-refractivity contribution in [3.8, 4) is 46.0 Å². The van der Waals surface area contributed by atoms with Gasteiger partial charge >= 0.3 is 0 Å². The molecule has 0 heterocycles. The largest absolute Gasteiger partial charge is 0.507 e. The zero-order chi connectivity index (χ0) is 38.5. The lowest BCUT2D eigenvalue weighted by Crippen LogP contribution is -2.22. The van der Waals surface area contributed by atoms with E-state index in [1.165, 1.54) is 0 Å². The third-order valence-corrected chi connectivity index (χ3v) is 9.77. The molecule has 4 aromatic carbocycles. The molecular weight excluding hydrogens is 688 g/mol. The lowest BCUT2D eigenvalue weighted by molar-refractivity contribution is 0.0971. The second-order valence-electron chi connectivity index (χ2n) is 13.3. The number of rotatable bonds is 12. The van der Waals surface area contributed by atoms with Gasteiger partial charge in [-0.1, -0.05) is 52.4 Å². The normalized spacial score (nSPS) is 14.3. The predicted octanol–water partition coefficient (Wildman–Crippen LogP) is 6.49. The highest BCUT2D eigenvalue weighted by atomic mass is 16.5. The fraction of sp³-hybridized carbons (Fsp3) is 0.300. The molecule has 0 fully saturated rings. The highest BCUT2D eigenvalue weighted by Gasteiger charge is 2.40. The molecule has 53 heavy (non-hydrogen) atoms. The number of unbranched alkanes of at least 4 members (excludes halogenated alkanes) is 4.